The van der Waals surface area contributed by atoms with Gasteiger partial charge in [-0.25, -0.2) is 4.98 Å². The largest absolute Gasteiger partial charge is 0.496 e. The number of para-hydroxylation sites is 1. The fourth-order valence-electron chi connectivity index (χ4n) is 2.76. The standard InChI is InChI=1S/C20H15N5O4/c1-28-17-5-3-2-4-14(17)16(26)12-25-11-13(6-7-18(25)27)20-23-19(24-29-20)15-10-21-8-9-22-15/h2-11H,12H2,1H3. The van der Waals surface area contributed by atoms with Crippen LogP contribution in [0.4, 0.5) is 0 Å². The zero-order valence-electron chi connectivity index (χ0n) is 15.3. The van der Waals surface area contributed by atoms with Gasteiger partial charge >= 0.3 is 0 Å². The smallest absolute Gasteiger partial charge is 0.259 e. The third-order valence-corrected chi connectivity index (χ3v) is 4.17. The van der Waals surface area contributed by atoms with E-state index in [0.717, 1.165) is 0 Å². The Hall–Kier alpha value is -4.14. The lowest BCUT2D eigenvalue weighted by Gasteiger charge is -2.09. The van der Waals surface area contributed by atoms with Gasteiger partial charge in [-0.05, 0) is 18.2 Å². The summed E-state index contributed by atoms with van der Waals surface area (Å²) in [5.74, 6) is 0.666. The van der Waals surface area contributed by atoms with Crippen molar-refractivity contribution in [3.8, 4) is 28.7 Å². The SMILES string of the molecule is COc1ccccc1C(=O)Cn1cc(-c2nc(-c3cnccn3)no2)ccc1=O. The normalized spacial score (nSPS) is 10.7. The number of Topliss-reactive ketones (excluding diaryl/α,β-unsaturated/α-hetero) is 1. The Balaban J connectivity index is 1.63. The molecule has 0 aliphatic carbocycles. The van der Waals surface area contributed by atoms with Gasteiger partial charge in [-0.15, -0.1) is 0 Å². The minimum atomic E-state index is -0.328. The van der Waals surface area contributed by atoms with Crippen LogP contribution in [0.15, 0.2) is 70.5 Å². The van der Waals surface area contributed by atoms with E-state index in [1.807, 2.05) is 0 Å². The summed E-state index contributed by atoms with van der Waals surface area (Å²) in [5, 5.41) is 3.89. The summed E-state index contributed by atoms with van der Waals surface area (Å²) in [4.78, 5) is 37.3. The second-order valence-corrected chi connectivity index (χ2v) is 6.02. The molecule has 0 N–H and O–H groups in total. The summed E-state index contributed by atoms with van der Waals surface area (Å²) >= 11 is 0. The molecular weight excluding hydrogens is 374 g/mol. The molecule has 0 aliphatic rings. The maximum absolute atomic E-state index is 12.7. The summed E-state index contributed by atoms with van der Waals surface area (Å²) in [6, 6.07) is 9.76. The number of pyridine rings is 1. The molecule has 0 radical (unpaired) electrons. The number of ether oxygens (including phenoxy) is 1. The zero-order valence-corrected chi connectivity index (χ0v) is 15.3. The number of hydrogen-bond donors (Lipinski definition) is 0. The highest BCUT2D eigenvalue weighted by Crippen LogP contribution is 2.21. The third kappa shape index (κ3) is 3.79. The first-order valence-electron chi connectivity index (χ1n) is 8.63. The highest BCUT2D eigenvalue weighted by molar-refractivity contribution is 5.98. The topological polar surface area (TPSA) is 113 Å². The molecule has 9 heteroatoms. The van der Waals surface area contributed by atoms with Crippen molar-refractivity contribution in [2.24, 2.45) is 0 Å². The molecule has 0 fully saturated rings. The van der Waals surface area contributed by atoms with Gasteiger partial charge in [-0.1, -0.05) is 17.3 Å². The van der Waals surface area contributed by atoms with Gasteiger partial charge in [0.15, 0.2) is 5.78 Å². The van der Waals surface area contributed by atoms with E-state index in [1.54, 1.807) is 36.5 Å². The summed E-state index contributed by atoms with van der Waals surface area (Å²) in [6.07, 6.45) is 6.08. The first kappa shape index (κ1) is 18.2. The van der Waals surface area contributed by atoms with E-state index in [2.05, 4.69) is 20.1 Å². The number of ketones is 1. The van der Waals surface area contributed by atoms with E-state index >= 15 is 0 Å². The molecule has 0 unspecified atom stereocenters. The molecular formula is C20H15N5O4. The predicted molar refractivity (Wildman–Crippen MR) is 102 cm³/mol. The van der Waals surface area contributed by atoms with Crippen molar-refractivity contribution in [1.29, 1.82) is 0 Å². The van der Waals surface area contributed by atoms with Crippen molar-refractivity contribution < 1.29 is 14.1 Å². The number of methoxy groups -OCH3 is 1. The summed E-state index contributed by atoms with van der Waals surface area (Å²) in [6.45, 7) is -0.155. The maximum Gasteiger partial charge on any atom is 0.259 e. The highest BCUT2D eigenvalue weighted by Gasteiger charge is 2.16. The van der Waals surface area contributed by atoms with Crippen LogP contribution in [-0.4, -0.2) is 37.6 Å². The van der Waals surface area contributed by atoms with Gasteiger partial charge < -0.3 is 13.8 Å². The quantitative estimate of drug-likeness (QED) is 0.462. The number of benzene rings is 1. The monoisotopic (exact) mass is 389 g/mol. The maximum atomic E-state index is 12.7. The highest BCUT2D eigenvalue weighted by atomic mass is 16.5. The molecule has 0 spiro atoms. The molecule has 9 nitrogen and oxygen atoms in total. The van der Waals surface area contributed by atoms with Crippen molar-refractivity contribution in [3.05, 3.63) is 77.1 Å². The van der Waals surface area contributed by atoms with Gasteiger partial charge in [0, 0.05) is 24.7 Å². The lowest BCUT2D eigenvalue weighted by atomic mass is 10.1. The average molecular weight is 389 g/mol. The fraction of sp³-hybridized carbons (Fsp3) is 0.100. The molecule has 3 aromatic heterocycles. The van der Waals surface area contributed by atoms with Gasteiger partial charge in [-0.2, -0.15) is 4.98 Å². The molecule has 3 heterocycles. The second-order valence-electron chi connectivity index (χ2n) is 6.02. The van der Waals surface area contributed by atoms with Crippen molar-refractivity contribution in [2.45, 2.75) is 6.54 Å². The summed E-state index contributed by atoms with van der Waals surface area (Å²) in [5.41, 5.74) is 1.03. The number of aromatic nitrogens is 5. The van der Waals surface area contributed by atoms with Crippen LogP contribution in [0, 0.1) is 0 Å². The Kier molecular flexibility index (Phi) is 4.93. The number of rotatable bonds is 6. The van der Waals surface area contributed by atoms with Crippen molar-refractivity contribution in [3.63, 3.8) is 0 Å². The average Bonchev–Trinajstić information content (AvgIpc) is 3.26. The van der Waals surface area contributed by atoms with Crippen LogP contribution in [0.2, 0.25) is 0 Å². The van der Waals surface area contributed by atoms with Crippen molar-refractivity contribution in [1.82, 2.24) is 24.7 Å². The van der Waals surface area contributed by atoms with E-state index in [1.165, 1.54) is 36.3 Å². The predicted octanol–water partition coefficient (Wildman–Crippen LogP) is 2.25. The molecule has 0 saturated heterocycles. The van der Waals surface area contributed by atoms with Gasteiger partial charge in [-0.3, -0.25) is 14.6 Å². The first-order chi connectivity index (χ1) is 14.2. The molecule has 29 heavy (non-hydrogen) atoms. The lowest BCUT2D eigenvalue weighted by molar-refractivity contribution is 0.0968. The molecule has 0 atom stereocenters. The van der Waals surface area contributed by atoms with Crippen LogP contribution in [0.25, 0.3) is 23.0 Å². The van der Waals surface area contributed by atoms with E-state index in [0.29, 0.717) is 22.6 Å². The van der Waals surface area contributed by atoms with Crippen LogP contribution >= 0.6 is 0 Å². The van der Waals surface area contributed by atoms with E-state index in [9.17, 15) is 9.59 Å². The Labute approximate surface area is 164 Å². The van der Waals surface area contributed by atoms with Crippen LogP contribution < -0.4 is 10.3 Å². The van der Waals surface area contributed by atoms with E-state index < -0.39 is 0 Å². The molecule has 0 bridgehead atoms. The minimum absolute atomic E-state index is 0.155. The molecule has 0 amide bonds. The van der Waals surface area contributed by atoms with Crippen LogP contribution in [0.5, 0.6) is 5.75 Å². The summed E-state index contributed by atoms with van der Waals surface area (Å²) < 4.78 is 11.8. The van der Waals surface area contributed by atoms with Crippen molar-refractivity contribution in [2.75, 3.05) is 7.11 Å². The number of hydrogen-bond acceptors (Lipinski definition) is 8. The molecule has 4 rings (SSSR count). The number of carbonyl (C=O) groups is 1. The Bertz CT molecular complexity index is 1220. The molecule has 0 saturated carbocycles. The molecule has 1 aromatic carbocycles. The lowest BCUT2D eigenvalue weighted by Crippen LogP contribution is -2.23. The molecule has 4 aromatic rings. The fourth-order valence-corrected chi connectivity index (χ4v) is 2.76. The van der Waals surface area contributed by atoms with Crippen LogP contribution in [0.1, 0.15) is 10.4 Å². The van der Waals surface area contributed by atoms with Gasteiger partial charge in [0.05, 0.1) is 31.0 Å². The minimum Gasteiger partial charge on any atom is -0.496 e. The second kappa shape index (κ2) is 7.85. The van der Waals surface area contributed by atoms with Crippen LogP contribution in [0.3, 0.4) is 0 Å². The van der Waals surface area contributed by atoms with E-state index in [4.69, 9.17) is 9.26 Å². The molecule has 144 valence electrons. The third-order valence-electron chi connectivity index (χ3n) is 4.17. The molecule has 0 aliphatic heterocycles. The first-order valence-corrected chi connectivity index (χ1v) is 8.63. The van der Waals surface area contributed by atoms with Crippen molar-refractivity contribution >= 4 is 5.78 Å². The van der Waals surface area contributed by atoms with E-state index in [-0.39, 0.29) is 29.6 Å². The Morgan fingerprint density at radius 3 is 2.83 bits per heavy atom. The zero-order chi connectivity index (χ0) is 20.2. The number of carbonyl (C=O) groups excluding carboxylic acids is 1. The van der Waals surface area contributed by atoms with Gasteiger partial charge in [0.2, 0.25) is 5.82 Å². The Morgan fingerprint density at radius 2 is 2.03 bits per heavy atom. The summed E-state index contributed by atoms with van der Waals surface area (Å²) in [7, 11) is 1.49. The Morgan fingerprint density at radius 1 is 1.17 bits per heavy atom. The van der Waals surface area contributed by atoms with Crippen LogP contribution in [-0.2, 0) is 6.54 Å². The number of nitrogens with zero attached hydrogens (tertiary/aromatic N) is 5. The van der Waals surface area contributed by atoms with Gasteiger partial charge in [0.25, 0.3) is 11.4 Å². The van der Waals surface area contributed by atoms with Gasteiger partial charge in [0.1, 0.15) is 11.4 Å².